The first-order valence-corrected chi connectivity index (χ1v) is 11.9. The molecule has 0 bridgehead atoms. The molecule has 0 N–H and O–H groups in total. The Balaban J connectivity index is 1.63. The van der Waals surface area contributed by atoms with Gasteiger partial charge in [-0.3, -0.25) is 9.36 Å². The maximum absolute atomic E-state index is 13.4. The minimum absolute atomic E-state index is 0.00925. The van der Waals surface area contributed by atoms with Gasteiger partial charge in [-0.2, -0.15) is 0 Å². The number of thiophene rings is 2. The van der Waals surface area contributed by atoms with Crippen LogP contribution in [0.5, 0.6) is 0 Å². The maximum Gasteiger partial charge on any atom is 0.272 e. The number of nitrogens with zero attached hydrogens (tertiary/aromatic N) is 3. The number of rotatable bonds is 5. The van der Waals surface area contributed by atoms with E-state index in [4.69, 9.17) is 16.6 Å². The molecule has 5 rings (SSSR count). The minimum Gasteiger partial charge on any atom is -0.281 e. The summed E-state index contributed by atoms with van der Waals surface area (Å²) in [4.78, 5) is 24.7. The summed E-state index contributed by atoms with van der Waals surface area (Å²) < 4.78 is 2.44. The van der Waals surface area contributed by atoms with E-state index >= 15 is 0 Å². The molecule has 0 spiro atoms. The van der Waals surface area contributed by atoms with Crippen molar-refractivity contribution in [2.75, 3.05) is 0 Å². The fourth-order valence-corrected chi connectivity index (χ4v) is 5.88. The Bertz CT molecular complexity index is 1360. The largest absolute Gasteiger partial charge is 0.281 e. The quantitative estimate of drug-likeness (QED) is 0.238. The molecule has 0 atom stereocenters. The van der Waals surface area contributed by atoms with Crippen molar-refractivity contribution in [2.45, 2.75) is 17.5 Å². The first-order valence-electron chi connectivity index (χ1n) is 8.87. The molecule has 4 nitrogen and oxygen atoms in total. The van der Waals surface area contributed by atoms with Crippen molar-refractivity contribution in [3.63, 3.8) is 0 Å². The molecular weight excluding hydrogens is 442 g/mol. The number of hydrogen-bond acceptors (Lipinski definition) is 6. The number of hydrogen-bond donors (Lipinski definition) is 0. The van der Waals surface area contributed by atoms with E-state index in [0.29, 0.717) is 22.0 Å². The van der Waals surface area contributed by atoms with Gasteiger partial charge in [0, 0.05) is 27.2 Å². The number of thioether (sulfide) groups is 1. The van der Waals surface area contributed by atoms with Gasteiger partial charge >= 0.3 is 0 Å². The number of pyridine rings is 1. The predicted octanol–water partition coefficient (Wildman–Crippen LogP) is 6.06. The van der Waals surface area contributed by atoms with E-state index in [-0.39, 0.29) is 5.56 Å². The SMILES string of the molecule is O=c1c2sc3ncccc3c2nc(SCc2ccc(Cl)cc2)n1Cc1cccs1. The molecule has 144 valence electrons. The fourth-order valence-electron chi connectivity index (χ4n) is 3.08. The van der Waals surface area contributed by atoms with Crippen molar-refractivity contribution < 1.29 is 0 Å². The van der Waals surface area contributed by atoms with E-state index < -0.39 is 0 Å². The summed E-state index contributed by atoms with van der Waals surface area (Å²) in [5, 5.41) is 4.39. The second-order valence-corrected chi connectivity index (χ2v) is 9.83. The Morgan fingerprint density at radius 1 is 1.10 bits per heavy atom. The molecule has 5 aromatic rings. The van der Waals surface area contributed by atoms with Gasteiger partial charge in [0.2, 0.25) is 0 Å². The summed E-state index contributed by atoms with van der Waals surface area (Å²) in [6.07, 6.45) is 1.75. The smallest absolute Gasteiger partial charge is 0.272 e. The number of benzene rings is 1. The highest BCUT2D eigenvalue weighted by Gasteiger charge is 2.17. The molecule has 29 heavy (non-hydrogen) atoms. The topological polar surface area (TPSA) is 47.8 Å². The zero-order valence-electron chi connectivity index (χ0n) is 15.0. The number of fused-ring (bicyclic) bond motifs is 3. The first kappa shape index (κ1) is 18.8. The molecule has 1 aromatic carbocycles. The molecule has 4 aromatic heterocycles. The molecule has 0 aliphatic heterocycles. The number of halogens is 1. The molecule has 0 fully saturated rings. The monoisotopic (exact) mass is 455 g/mol. The van der Waals surface area contributed by atoms with Crippen LogP contribution in [0.3, 0.4) is 0 Å². The molecule has 0 saturated heterocycles. The molecule has 0 unspecified atom stereocenters. The van der Waals surface area contributed by atoms with Crippen molar-refractivity contribution in [3.05, 3.63) is 85.9 Å². The normalized spacial score (nSPS) is 11.5. The summed E-state index contributed by atoms with van der Waals surface area (Å²) >= 11 is 10.6. The van der Waals surface area contributed by atoms with Crippen LogP contribution in [-0.2, 0) is 12.3 Å². The van der Waals surface area contributed by atoms with E-state index in [2.05, 4.69) is 4.98 Å². The average molecular weight is 456 g/mol. The van der Waals surface area contributed by atoms with Crippen LogP contribution < -0.4 is 5.56 Å². The van der Waals surface area contributed by atoms with Gasteiger partial charge in [-0.1, -0.05) is 41.6 Å². The van der Waals surface area contributed by atoms with E-state index in [1.807, 2.05) is 53.9 Å². The summed E-state index contributed by atoms with van der Waals surface area (Å²) in [6.45, 7) is 0.518. The zero-order chi connectivity index (χ0) is 19.8. The van der Waals surface area contributed by atoms with Gasteiger partial charge in [-0.25, -0.2) is 9.97 Å². The lowest BCUT2D eigenvalue weighted by Gasteiger charge is -2.11. The lowest BCUT2D eigenvalue weighted by atomic mass is 10.2. The molecule has 0 aliphatic rings. The second kappa shape index (κ2) is 7.91. The van der Waals surface area contributed by atoms with E-state index in [0.717, 1.165) is 31.3 Å². The molecule has 0 amide bonds. The Kier molecular flexibility index (Phi) is 5.13. The van der Waals surface area contributed by atoms with Crippen LogP contribution in [-0.4, -0.2) is 14.5 Å². The van der Waals surface area contributed by atoms with E-state index in [1.54, 1.807) is 33.9 Å². The van der Waals surface area contributed by atoms with Gasteiger partial charge in [0.25, 0.3) is 5.56 Å². The summed E-state index contributed by atoms with van der Waals surface area (Å²) in [7, 11) is 0. The van der Waals surface area contributed by atoms with Crippen LogP contribution in [0.4, 0.5) is 0 Å². The van der Waals surface area contributed by atoms with Gasteiger partial charge in [-0.05, 0) is 41.3 Å². The van der Waals surface area contributed by atoms with E-state index in [9.17, 15) is 4.79 Å². The Labute approximate surface area is 183 Å². The average Bonchev–Trinajstić information content (AvgIpc) is 3.38. The van der Waals surface area contributed by atoms with Crippen LogP contribution >= 0.6 is 46.0 Å². The van der Waals surface area contributed by atoms with Gasteiger partial charge in [0.05, 0.1) is 12.1 Å². The Morgan fingerprint density at radius 2 is 1.97 bits per heavy atom. The lowest BCUT2D eigenvalue weighted by Crippen LogP contribution is -2.22. The molecule has 0 radical (unpaired) electrons. The molecule has 0 saturated carbocycles. The third-order valence-corrected chi connectivity index (χ3v) is 7.74. The zero-order valence-corrected chi connectivity index (χ0v) is 18.2. The van der Waals surface area contributed by atoms with Crippen molar-refractivity contribution in [1.82, 2.24) is 14.5 Å². The van der Waals surface area contributed by atoms with Gasteiger partial charge < -0.3 is 0 Å². The molecule has 4 heterocycles. The maximum atomic E-state index is 13.4. The Hall–Kier alpha value is -2.19. The van der Waals surface area contributed by atoms with E-state index in [1.165, 1.54) is 11.3 Å². The second-order valence-electron chi connectivity index (χ2n) is 6.42. The van der Waals surface area contributed by atoms with Gasteiger partial charge in [0.1, 0.15) is 9.53 Å². The third kappa shape index (κ3) is 3.71. The van der Waals surface area contributed by atoms with Crippen LogP contribution in [0.25, 0.3) is 20.4 Å². The standard InChI is InChI=1S/C21H14ClN3OS3/c22-14-7-5-13(6-8-14)12-28-21-24-17-16-4-1-9-23-19(16)29-18(17)20(26)25(21)11-15-3-2-10-27-15/h1-10H,11-12H2. The summed E-state index contributed by atoms with van der Waals surface area (Å²) in [6, 6.07) is 15.7. The highest BCUT2D eigenvalue weighted by atomic mass is 35.5. The molecule has 0 aliphatic carbocycles. The minimum atomic E-state index is -0.00925. The van der Waals surface area contributed by atoms with Crippen molar-refractivity contribution >= 4 is 66.5 Å². The highest BCUT2D eigenvalue weighted by molar-refractivity contribution is 7.98. The third-order valence-electron chi connectivity index (χ3n) is 4.49. The Morgan fingerprint density at radius 3 is 2.76 bits per heavy atom. The van der Waals surface area contributed by atoms with Crippen LogP contribution in [0.2, 0.25) is 5.02 Å². The van der Waals surface area contributed by atoms with Crippen LogP contribution in [0, 0.1) is 0 Å². The van der Waals surface area contributed by atoms with Crippen molar-refractivity contribution in [3.8, 4) is 0 Å². The molecular formula is C21H14ClN3OS3. The highest BCUT2D eigenvalue weighted by Crippen LogP contribution is 2.31. The van der Waals surface area contributed by atoms with Crippen molar-refractivity contribution in [2.24, 2.45) is 0 Å². The van der Waals surface area contributed by atoms with Crippen LogP contribution in [0.15, 0.2) is 70.1 Å². The fraction of sp³-hybridized carbons (Fsp3) is 0.0952. The van der Waals surface area contributed by atoms with Crippen molar-refractivity contribution in [1.29, 1.82) is 0 Å². The first-order chi connectivity index (χ1) is 14.2. The lowest BCUT2D eigenvalue weighted by molar-refractivity contribution is 0.666. The molecule has 8 heteroatoms. The predicted molar refractivity (Wildman–Crippen MR) is 124 cm³/mol. The van der Waals surface area contributed by atoms with Gasteiger partial charge in [-0.15, -0.1) is 22.7 Å². The van der Waals surface area contributed by atoms with Gasteiger partial charge in [0.15, 0.2) is 5.16 Å². The van der Waals surface area contributed by atoms with Crippen LogP contribution in [0.1, 0.15) is 10.4 Å². The number of aromatic nitrogens is 3. The summed E-state index contributed by atoms with van der Waals surface area (Å²) in [5.41, 5.74) is 1.86. The summed E-state index contributed by atoms with van der Waals surface area (Å²) in [5.74, 6) is 0.708.